The minimum atomic E-state index is 0.150. The van der Waals surface area contributed by atoms with Crippen molar-refractivity contribution in [2.45, 2.75) is 32.6 Å². The Balaban J connectivity index is 2.59. The van der Waals surface area contributed by atoms with Gasteiger partial charge in [0.05, 0.1) is 11.4 Å². The van der Waals surface area contributed by atoms with Crippen LogP contribution in [-0.2, 0) is 6.42 Å². The van der Waals surface area contributed by atoms with E-state index in [0.717, 1.165) is 17.8 Å². The van der Waals surface area contributed by atoms with Crippen molar-refractivity contribution in [2.75, 3.05) is 0 Å². The minimum absolute atomic E-state index is 0.150. The van der Waals surface area contributed by atoms with Gasteiger partial charge in [0.25, 0.3) is 0 Å². The number of hydrogen-bond donors (Lipinski definition) is 0. The van der Waals surface area contributed by atoms with Crippen LogP contribution in [0.1, 0.15) is 25.2 Å². The van der Waals surface area contributed by atoms with Crippen molar-refractivity contribution in [1.29, 1.82) is 0 Å². The molecule has 0 bridgehead atoms. The van der Waals surface area contributed by atoms with Crippen molar-refractivity contribution >= 4 is 11.6 Å². The monoisotopic (exact) mass is 198 g/mol. The molecule has 72 valence electrons. The van der Waals surface area contributed by atoms with Crippen LogP contribution in [0.4, 0.5) is 0 Å². The summed E-state index contributed by atoms with van der Waals surface area (Å²) in [6.07, 6.45) is 0.798. The molecule has 0 radical (unpaired) electrons. The van der Waals surface area contributed by atoms with Gasteiger partial charge in [-0.25, -0.2) is 0 Å². The highest BCUT2D eigenvalue weighted by Crippen LogP contribution is 2.14. The van der Waals surface area contributed by atoms with Gasteiger partial charge in [0.2, 0.25) is 0 Å². The molecule has 1 aromatic rings. The minimum Gasteiger partial charge on any atom is -0.156 e. The summed E-state index contributed by atoms with van der Waals surface area (Å²) in [5.74, 6) is 0.477. The molecular formula is C10H15ClN2. The number of nitrogens with zero attached hydrogens (tertiary/aromatic N) is 2. The number of alkyl halides is 1. The van der Waals surface area contributed by atoms with Crippen LogP contribution in [0.25, 0.3) is 0 Å². The van der Waals surface area contributed by atoms with E-state index in [0.29, 0.717) is 5.92 Å². The standard InChI is InChI=1S/C10H15ClN2/c1-7(2)10(11)6-9-5-4-8(3)12-13-9/h4-5,7,10H,6H2,1-3H3. The van der Waals surface area contributed by atoms with E-state index >= 15 is 0 Å². The summed E-state index contributed by atoms with van der Waals surface area (Å²) in [6.45, 7) is 6.15. The summed E-state index contributed by atoms with van der Waals surface area (Å²) < 4.78 is 0. The Bertz CT molecular complexity index is 256. The molecule has 0 N–H and O–H groups in total. The van der Waals surface area contributed by atoms with Crippen molar-refractivity contribution in [3.05, 3.63) is 23.5 Å². The van der Waals surface area contributed by atoms with Gasteiger partial charge in [0.1, 0.15) is 0 Å². The second-order valence-corrected chi connectivity index (χ2v) is 4.19. The SMILES string of the molecule is Cc1ccc(CC(Cl)C(C)C)nn1. The van der Waals surface area contributed by atoms with Crippen LogP contribution < -0.4 is 0 Å². The average Bonchev–Trinajstić information content (AvgIpc) is 2.08. The molecule has 0 aliphatic carbocycles. The van der Waals surface area contributed by atoms with E-state index in [1.807, 2.05) is 19.1 Å². The zero-order chi connectivity index (χ0) is 9.84. The maximum Gasteiger partial charge on any atom is 0.0646 e. The van der Waals surface area contributed by atoms with Crippen molar-refractivity contribution in [1.82, 2.24) is 10.2 Å². The molecule has 1 heterocycles. The quantitative estimate of drug-likeness (QED) is 0.698. The molecular weight excluding hydrogens is 184 g/mol. The topological polar surface area (TPSA) is 25.8 Å². The predicted molar refractivity (Wildman–Crippen MR) is 55.0 cm³/mol. The van der Waals surface area contributed by atoms with E-state index < -0.39 is 0 Å². The van der Waals surface area contributed by atoms with Crippen molar-refractivity contribution in [2.24, 2.45) is 5.92 Å². The summed E-state index contributed by atoms with van der Waals surface area (Å²) in [5, 5.41) is 8.20. The third kappa shape index (κ3) is 3.31. The third-order valence-electron chi connectivity index (χ3n) is 1.98. The molecule has 0 aliphatic rings. The fourth-order valence-corrected chi connectivity index (χ4v) is 1.13. The fourth-order valence-electron chi connectivity index (χ4n) is 0.971. The molecule has 0 saturated heterocycles. The van der Waals surface area contributed by atoms with E-state index in [4.69, 9.17) is 11.6 Å². The third-order valence-corrected chi connectivity index (χ3v) is 2.64. The first-order chi connectivity index (χ1) is 6.09. The summed E-state index contributed by atoms with van der Waals surface area (Å²) in [6, 6.07) is 3.95. The van der Waals surface area contributed by atoms with E-state index in [9.17, 15) is 0 Å². The van der Waals surface area contributed by atoms with E-state index in [1.165, 1.54) is 0 Å². The molecule has 0 aromatic carbocycles. The van der Waals surface area contributed by atoms with Gasteiger partial charge < -0.3 is 0 Å². The first kappa shape index (κ1) is 10.5. The molecule has 0 spiro atoms. The van der Waals surface area contributed by atoms with Gasteiger partial charge >= 0.3 is 0 Å². The molecule has 13 heavy (non-hydrogen) atoms. The predicted octanol–water partition coefficient (Wildman–Crippen LogP) is 2.59. The molecule has 0 fully saturated rings. The molecule has 0 saturated carbocycles. The maximum atomic E-state index is 6.12. The normalized spacial score (nSPS) is 13.3. The molecule has 2 nitrogen and oxygen atoms in total. The number of halogens is 1. The lowest BCUT2D eigenvalue weighted by Crippen LogP contribution is -2.12. The highest BCUT2D eigenvalue weighted by Gasteiger charge is 2.10. The van der Waals surface area contributed by atoms with Gasteiger partial charge in [0, 0.05) is 11.8 Å². The summed E-state index contributed by atoms with van der Waals surface area (Å²) in [7, 11) is 0. The first-order valence-corrected chi connectivity index (χ1v) is 4.96. The van der Waals surface area contributed by atoms with Gasteiger partial charge in [-0.1, -0.05) is 13.8 Å². The Morgan fingerprint density at radius 3 is 2.46 bits per heavy atom. The lowest BCUT2D eigenvalue weighted by Gasteiger charge is -2.11. The van der Waals surface area contributed by atoms with Gasteiger partial charge in [-0.05, 0) is 25.0 Å². The Morgan fingerprint density at radius 1 is 1.31 bits per heavy atom. The molecule has 1 aromatic heterocycles. The van der Waals surface area contributed by atoms with Crippen molar-refractivity contribution < 1.29 is 0 Å². The molecule has 0 aliphatic heterocycles. The van der Waals surface area contributed by atoms with Gasteiger partial charge in [-0.15, -0.1) is 11.6 Å². The lowest BCUT2D eigenvalue weighted by molar-refractivity contribution is 0.587. The molecule has 0 amide bonds. The van der Waals surface area contributed by atoms with Crippen molar-refractivity contribution in [3.8, 4) is 0 Å². The average molecular weight is 199 g/mol. The zero-order valence-corrected chi connectivity index (χ0v) is 9.04. The van der Waals surface area contributed by atoms with Gasteiger partial charge in [-0.2, -0.15) is 10.2 Å². The second kappa shape index (κ2) is 4.56. The highest BCUT2D eigenvalue weighted by molar-refractivity contribution is 6.20. The number of aromatic nitrogens is 2. The molecule has 1 unspecified atom stereocenters. The number of rotatable bonds is 3. The summed E-state index contributed by atoms with van der Waals surface area (Å²) >= 11 is 6.12. The molecule has 3 heteroatoms. The van der Waals surface area contributed by atoms with E-state index in [-0.39, 0.29) is 5.38 Å². The van der Waals surface area contributed by atoms with Crippen LogP contribution in [0, 0.1) is 12.8 Å². The van der Waals surface area contributed by atoms with Gasteiger partial charge in [0.15, 0.2) is 0 Å². The summed E-state index contributed by atoms with van der Waals surface area (Å²) in [5.41, 5.74) is 1.92. The van der Waals surface area contributed by atoms with Crippen LogP contribution in [0.5, 0.6) is 0 Å². The van der Waals surface area contributed by atoms with Crippen LogP contribution in [0.3, 0.4) is 0 Å². The van der Waals surface area contributed by atoms with Crippen LogP contribution >= 0.6 is 11.6 Å². The number of hydrogen-bond acceptors (Lipinski definition) is 2. The smallest absolute Gasteiger partial charge is 0.0646 e. The Morgan fingerprint density at radius 2 is 2.00 bits per heavy atom. The van der Waals surface area contributed by atoms with Crippen LogP contribution in [-0.4, -0.2) is 15.6 Å². The zero-order valence-electron chi connectivity index (χ0n) is 8.29. The highest BCUT2D eigenvalue weighted by atomic mass is 35.5. The Kier molecular flexibility index (Phi) is 3.67. The maximum absolute atomic E-state index is 6.12. The molecule has 1 atom stereocenters. The Labute approximate surface area is 84.3 Å². The lowest BCUT2D eigenvalue weighted by atomic mass is 10.1. The van der Waals surface area contributed by atoms with Crippen molar-refractivity contribution in [3.63, 3.8) is 0 Å². The van der Waals surface area contributed by atoms with E-state index in [2.05, 4.69) is 24.0 Å². The van der Waals surface area contributed by atoms with Crippen LogP contribution in [0.2, 0.25) is 0 Å². The van der Waals surface area contributed by atoms with E-state index in [1.54, 1.807) is 0 Å². The largest absolute Gasteiger partial charge is 0.156 e. The molecule has 1 rings (SSSR count). The fraction of sp³-hybridized carbons (Fsp3) is 0.600. The van der Waals surface area contributed by atoms with Gasteiger partial charge in [-0.3, -0.25) is 0 Å². The summed E-state index contributed by atoms with van der Waals surface area (Å²) in [4.78, 5) is 0. The second-order valence-electron chi connectivity index (χ2n) is 3.63. The first-order valence-electron chi connectivity index (χ1n) is 4.53. The Hall–Kier alpha value is -0.630. The number of aryl methyl sites for hydroxylation is 1. The van der Waals surface area contributed by atoms with Crippen LogP contribution in [0.15, 0.2) is 12.1 Å².